The number of rotatable bonds is 7. The molecular weight excluding hydrogens is 1160 g/mol. The zero-order valence-electron chi connectivity index (χ0n) is 54.1. The van der Waals surface area contributed by atoms with Crippen LogP contribution in [0, 0.1) is 23.3 Å². The van der Waals surface area contributed by atoms with Gasteiger partial charge in [-0.1, -0.05) is 107 Å². The van der Waals surface area contributed by atoms with Crippen LogP contribution in [0.1, 0.15) is 144 Å². The lowest BCUT2D eigenvalue weighted by atomic mass is 9.69. The van der Waals surface area contributed by atoms with Crippen LogP contribution in [0.15, 0.2) is 157 Å². The highest BCUT2D eigenvalue weighted by Gasteiger charge is 2.43. The Morgan fingerprint density at radius 3 is 1.72 bits per heavy atom. The van der Waals surface area contributed by atoms with E-state index >= 15 is 0 Å². The quantitative estimate of drug-likeness (QED) is 0.0858. The number of anilines is 3. The third-order valence-corrected chi connectivity index (χ3v) is 21.2. The molecule has 0 bridgehead atoms. The average molecular weight is 1230 g/mol. The first kappa shape index (κ1) is 61.7. The number of ether oxygens (including phenoxy) is 1. The van der Waals surface area contributed by atoms with Crippen molar-refractivity contribution in [2.45, 2.75) is 137 Å². The molecule has 0 saturated heterocycles. The van der Waals surface area contributed by atoms with E-state index in [1.165, 1.54) is 45.0 Å². The molecule has 90 heavy (non-hydrogen) atoms. The number of hydrogen-bond acceptors (Lipinski definition) is 13. The molecule has 0 fully saturated rings. The molecule has 0 N–H and O–H groups in total. The van der Waals surface area contributed by atoms with Gasteiger partial charge in [-0.2, -0.15) is 0 Å². The van der Waals surface area contributed by atoms with Crippen LogP contribution < -0.4 is 26.0 Å². The lowest BCUT2D eigenvalue weighted by Crippen LogP contribution is -2.44. The number of aromatic nitrogens is 2. The van der Waals surface area contributed by atoms with Gasteiger partial charge in [0.25, 0.3) is 5.70 Å². The predicted molar refractivity (Wildman–Crippen MR) is 372 cm³/mol. The van der Waals surface area contributed by atoms with Crippen LogP contribution >= 0.6 is 22.7 Å². The van der Waals surface area contributed by atoms with E-state index in [1.807, 2.05) is 91.0 Å². The molecule has 4 aromatic heterocycles. The summed E-state index contributed by atoms with van der Waals surface area (Å²) in [6.45, 7) is 42.6. The minimum atomic E-state index is -0.344. The molecule has 0 spiro atoms. The number of thiazole rings is 2. The molecule has 5 aliphatic rings. The van der Waals surface area contributed by atoms with E-state index in [-0.39, 0.29) is 44.0 Å². The summed E-state index contributed by atoms with van der Waals surface area (Å²) in [5.41, 5.74) is 14.8. The van der Waals surface area contributed by atoms with Crippen LogP contribution in [-0.2, 0) is 26.4 Å². The van der Waals surface area contributed by atoms with Crippen LogP contribution in [0.5, 0.6) is 0 Å². The summed E-state index contributed by atoms with van der Waals surface area (Å²) in [6.07, 6.45) is 12.2. The van der Waals surface area contributed by atoms with Gasteiger partial charge in [0.15, 0.2) is 0 Å². The van der Waals surface area contributed by atoms with Crippen molar-refractivity contribution in [2.24, 2.45) is 5.41 Å². The molecular formula is C76H79N7O5S2. The van der Waals surface area contributed by atoms with Crippen LogP contribution in [-0.4, -0.2) is 49.2 Å². The lowest BCUT2D eigenvalue weighted by Gasteiger charge is -2.48. The third-order valence-electron chi connectivity index (χ3n) is 19.0. The van der Waals surface area contributed by atoms with Gasteiger partial charge in [-0.25, -0.2) is 29.7 Å². The summed E-state index contributed by atoms with van der Waals surface area (Å²) in [6, 6.07) is 34.7. The Kier molecular flexibility index (Phi) is 16.0. The first-order valence-electron chi connectivity index (χ1n) is 31.5. The number of fused-ring (bicyclic) bond motifs is 5. The van der Waals surface area contributed by atoms with E-state index in [4.69, 9.17) is 25.1 Å². The molecule has 14 heteroatoms. The Morgan fingerprint density at radius 2 is 1.19 bits per heavy atom. The topological polar surface area (TPSA) is 133 Å². The molecule has 0 radical (unpaired) electrons. The van der Waals surface area contributed by atoms with E-state index in [1.54, 1.807) is 17.4 Å². The smallest absolute Gasteiger partial charge is 0.346 e. The molecule has 0 unspecified atom stereocenters. The van der Waals surface area contributed by atoms with Crippen LogP contribution in [0.2, 0.25) is 0 Å². The monoisotopic (exact) mass is 1230 g/mol. The van der Waals surface area contributed by atoms with E-state index in [0.29, 0.717) is 33.0 Å². The van der Waals surface area contributed by atoms with Crippen LogP contribution in [0.4, 0.5) is 17.1 Å². The maximum atomic E-state index is 13.2. The number of nitrogens with zero attached hydrogens (tertiary/aromatic N) is 7. The summed E-state index contributed by atoms with van der Waals surface area (Å²) in [5.74, 6) is 1.39. The first-order valence-corrected chi connectivity index (χ1v) is 33.1. The van der Waals surface area contributed by atoms with Gasteiger partial charge in [0.1, 0.15) is 32.7 Å². The van der Waals surface area contributed by atoms with Crippen molar-refractivity contribution in [3.63, 3.8) is 0 Å². The minimum Gasteiger partial charge on any atom is -0.461 e. The molecule has 0 saturated carbocycles. The molecule has 0 atom stereocenters. The summed E-state index contributed by atoms with van der Waals surface area (Å²) in [4.78, 5) is 45.7. The molecule has 5 aliphatic heterocycles. The maximum Gasteiger partial charge on any atom is 0.346 e. The van der Waals surface area contributed by atoms with Crippen molar-refractivity contribution in [1.82, 2.24) is 9.97 Å². The van der Waals surface area contributed by atoms with Gasteiger partial charge in [-0.05, 0) is 174 Å². The van der Waals surface area contributed by atoms with Crippen molar-refractivity contribution in [3.05, 3.63) is 198 Å². The second-order valence-electron chi connectivity index (χ2n) is 28.1. The first-order chi connectivity index (χ1) is 42.8. The van der Waals surface area contributed by atoms with E-state index in [2.05, 4.69) is 145 Å². The zero-order valence-corrected chi connectivity index (χ0v) is 55.7. The highest BCUT2D eigenvalue weighted by Crippen LogP contribution is 2.53. The predicted octanol–water partition coefficient (Wildman–Crippen LogP) is 18.6. The number of hydrogen-bond donors (Lipinski definition) is 0. The van der Waals surface area contributed by atoms with E-state index < -0.39 is 0 Å². The highest BCUT2D eigenvalue weighted by molar-refractivity contribution is 7.22. The molecule has 12 nitrogen and oxygen atoms in total. The normalized spacial score (nSPS) is 18.0. The molecule has 5 aromatic carbocycles. The molecule has 0 aliphatic carbocycles. The summed E-state index contributed by atoms with van der Waals surface area (Å²) in [7, 11) is 0. The Morgan fingerprint density at radius 1 is 0.667 bits per heavy atom. The molecule has 9 heterocycles. The minimum absolute atomic E-state index is 0.0408. The summed E-state index contributed by atoms with van der Waals surface area (Å²) >= 11 is 3.05. The van der Waals surface area contributed by atoms with Crippen LogP contribution in [0.25, 0.3) is 74.4 Å². The largest absolute Gasteiger partial charge is 0.461 e. The van der Waals surface area contributed by atoms with Crippen molar-refractivity contribution in [1.29, 1.82) is 5.26 Å². The van der Waals surface area contributed by atoms with Crippen molar-refractivity contribution < 1.29 is 13.6 Å². The summed E-state index contributed by atoms with van der Waals surface area (Å²) < 4.78 is 20.1. The van der Waals surface area contributed by atoms with Gasteiger partial charge in [-0.3, -0.25) is 0 Å². The lowest BCUT2D eigenvalue weighted by molar-refractivity contribution is 0.223. The van der Waals surface area contributed by atoms with Crippen LogP contribution in [0.3, 0.4) is 0 Å². The SMILES string of the molecule is CC1(C)CCN2CCC(C)(C)c3c2c1cc1cc(-c2nc4ccccc4s2)c(=O)oc31.CCN(CC)c1ccc2cc(-c3nc4ccccc4s3)c(=O)oc2c1.[C-]#[N+]/C(C#N)=C1C=C(/C=C/c2cc3c4c(c2)C(C)(C)CCN4CCC3(C)C)OC(C(C)(C)C)=C/1. The van der Waals surface area contributed by atoms with Crippen molar-refractivity contribution in [3.8, 4) is 27.2 Å². The van der Waals surface area contributed by atoms with Gasteiger partial charge >= 0.3 is 11.3 Å². The molecule has 460 valence electrons. The average Bonchev–Trinajstić information content (AvgIpc) is 0.884. The van der Waals surface area contributed by atoms with Gasteiger partial charge < -0.3 is 28.3 Å². The standard InChI is InChI=1S/C30H35N3O.C26H26N2O2S.C20H18N2O2S/c1-28(2,3)26-18-21(25(19-31)32-8)17-22(34-26)10-9-20-15-23-27-24(16-20)30(6,7)12-14-33(27)13-11-29(23,4)5;1-25(2)9-11-28-12-10-26(3,4)20-21(28)17(25)14-15-13-16(24(29)30-22(15)20)23-27-18-7-5-6-8-19(18)31-23;1-3-22(4-2)14-10-9-13-11-15(20(23)24-17(13)12-14)19-21-16-7-5-6-8-18(16)25-19/h9-10,15-18H,11-14H2,1-7H3;5-8,13-14H,9-12H2,1-4H3;5-12H,3-4H2,1-2H3/b10-9+,25-21-;;. The molecule has 14 rings (SSSR count). The Hall–Kier alpha value is -8.56. The number of para-hydroxylation sites is 2. The Labute approximate surface area is 536 Å². The summed E-state index contributed by atoms with van der Waals surface area (Å²) in [5, 5.41) is 12.8. The second-order valence-corrected chi connectivity index (χ2v) is 30.1. The van der Waals surface area contributed by atoms with Crippen molar-refractivity contribution in [2.75, 3.05) is 54.0 Å². The van der Waals surface area contributed by atoms with Crippen molar-refractivity contribution >= 4 is 88.2 Å². The van der Waals surface area contributed by atoms with E-state index in [0.717, 1.165) is 124 Å². The Bertz CT molecular complexity index is 4590. The number of nitriles is 1. The third kappa shape index (κ3) is 11.6. The molecule has 9 aromatic rings. The highest BCUT2D eigenvalue weighted by atomic mass is 32.1. The van der Waals surface area contributed by atoms with E-state index in [9.17, 15) is 14.9 Å². The fraction of sp³-hybridized carbons (Fsp3) is 0.368. The number of benzene rings is 5. The van der Waals surface area contributed by atoms with Gasteiger partial charge in [0.2, 0.25) is 0 Å². The zero-order chi connectivity index (χ0) is 63.8. The maximum absolute atomic E-state index is 13.2. The fourth-order valence-electron chi connectivity index (χ4n) is 13.3. The van der Waals surface area contributed by atoms with Gasteiger partial charge in [0, 0.05) is 84.1 Å². The van der Waals surface area contributed by atoms with Gasteiger partial charge in [0.05, 0.1) is 44.2 Å². The van der Waals surface area contributed by atoms with Gasteiger partial charge in [-0.15, -0.1) is 22.7 Å². The Balaban J connectivity index is 0.000000132. The number of allylic oxidation sites excluding steroid dienone is 6. The second kappa shape index (κ2) is 23.4. The molecule has 0 amide bonds. The fourth-order valence-corrected chi connectivity index (χ4v) is 15.3.